The number of nitrogens with zero attached hydrogens (tertiary/aromatic N) is 3. The fourth-order valence-electron chi connectivity index (χ4n) is 4.29. The van der Waals surface area contributed by atoms with E-state index >= 15 is 0 Å². The Labute approximate surface area is 185 Å². The fraction of sp³-hybridized carbons (Fsp3) is 0.333. The van der Waals surface area contributed by atoms with E-state index in [-0.39, 0.29) is 43.2 Å². The average Bonchev–Trinajstić information content (AvgIpc) is 2.73. The highest BCUT2D eigenvalue weighted by Crippen LogP contribution is 2.38. The van der Waals surface area contributed by atoms with Crippen molar-refractivity contribution >= 4 is 12.1 Å². The molecular formula is C24H25F2N3O3. The number of carbonyl (C=O) groups excluding carboxylic acids is 1. The molecule has 2 heterocycles. The summed E-state index contributed by atoms with van der Waals surface area (Å²) in [6.07, 6.45) is 1.52. The molecular weight excluding hydrogens is 416 g/mol. The van der Waals surface area contributed by atoms with Gasteiger partial charge in [-0.1, -0.05) is 24.3 Å². The minimum atomic E-state index is -0.531. The second kappa shape index (κ2) is 9.08. The van der Waals surface area contributed by atoms with Gasteiger partial charge in [0.1, 0.15) is 24.0 Å². The number of benzene rings is 2. The van der Waals surface area contributed by atoms with Crippen molar-refractivity contribution in [3.63, 3.8) is 0 Å². The zero-order valence-electron chi connectivity index (χ0n) is 17.9. The first-order valence-corrected chi connectivity index (χ1v) is 10.5. The number of amides is 1. The number of hydrogen-bond acceptors (Lipinski definition) is 5. The molecule has 2 aromatic carbocycles. The number of piperazine rings is 1. The largest absolute Gasteiger partial charge is 0.507 e. The highest BCUT2D eigenvalue weighted by atomic mass is 19.1. The first-order valence-electron chi connectivity index (χ1n) is 10.5. The van der Waals surface area contributed by atoms with E-state index in [4.69, 9.17) is 4.74 Å². The summed E-state index contributed by atoms with van der Waals surface area (Å²) in [5.74, 6) is -1.96. The van der Waals surface area contributed by atoms with Gasteiger partial charge in [-0.3, -0.25) is 9.80 Å². The smallest absolute Gasteiger partial charge is 0.275 e. The first kappa shape index (κ1) is 22.0. The van der Waals surface area contributed by atoms with Gasteiger partial charge in [0, 0.05) is 18.5 Å². The molecule has 1 N–H and O–H groups in total. The van der Waals surface area contributed by atoms with Crippen molar-refractivity contribution in [1.82, 2.24) is 9.91 Å². The van der Waals surface area contributed by atoms with Gasteiger partial charge in [-0.2, -0.15) is 5.10 Å². The van der Waals surface area contributed by atoms with Crippen molar-refractivity contribution in [1.29, 1.82) is 0 Å². The third-order valence-electron chi connectivity index (χ3n) is 5.72. The monoisotopic (exact) mass is 441 g/mol. The number of aliphatic hydroxyl groups excluding tert-OH is 1. The summed E-state index contributed by atoms with van der Waals surface area (Å²) in [5.41, 5.74) is 1.25. The van der Waals surface area contributed by atoms with Gasteiger partial charge in [0.2, 0.25) is 0 Å². The van der Waals surface area contributed by atoms with Crippen LogP contribution in [0.3, 0.4) is 0 Å². The maximum Gasteiger partial charge on any atom is 0.275 e. The lowest BCUT2D eigenvalue weighted by Crippen LogP contribution is -2.57. The van der Waals surface area contributed by atoms with Crippen LogP contribution in [0.25, 0.3) is 0 Å². The molecule has 2 aliphatic rings. The normalized spacial score (nSPS) is 22.7. The van der Waals surface area contributed by atoms with Crippen molar-refractivity contribution in [3.8, 4) is 0 Å². The van der Waals surface area contributed by atoms with Gasteiger partial charge >= 0.3 is 0 Å². The summed E-state index contributed by atoms with van der Waals surface area (Å²) in [6, 6.07) is 11.6. The lowest BCUT2D eigenvalue weighted by Gasteiger charge is -2.46. The number of hydrogen-bond donors (Lipinski definition) is 1. The van der Waals surface area contributed by atoms with Gasteiger partial charge in [-0.15, -0.1) is 0 Å². The van der Waals surface area contributed by atoms with Gasteiger partial charge in [-0.25, -0.2) is 8.78 Å². The molecule has 0 saturated carbocycles. The van der Waals surface area contributed by atoms with Crippen LogP contribution < -0.4 is 0 Å². The molecule has 2 aromatic rings. The number of aliphatic hydroxyl groups is 1. The van der Waals surface area contributed by atoms with Crippen LogP contribution in [0.5, 0.6) is 0 Å². The van der Waals surface area contributed by atoms with Gasteiger partial charge in [0.15, 0.2) is 5.70 Å². The molecule has 32 heavy (non-hydrogen) atoms. The molecule has 0 bridgehead atoms. The van der Waals surface area contributed by atoms with Crippen molar-refractivity contribution in [2.45, 2.75) is 31.8 Å². The average molecular weight is 441 g/mol. The molecule has 0 radical (unpaired) electrons. The van der Waals surface area contributed by atoms with Gasteiger partial charge in [0.05, 0.1) is 18.9 Å². The van der Waals surface area contributed by atoms with Crippen LogP contribution in [0.2, 0.25) is 0 Å². The molecule has 8 heteroatoms. The second-order valence-corrected chi connectivity index (χ2v) is 8.16. The Bertz CT molecular complexity index is 1020. The molecule has 2 aliphatic heterocycles. The molecule has 1 fully saturated rings. The Kier molecular flexibility index (Phi) is 6.23. The number of carbonyl (C=O) groups is 1. The first-order chi connectivity index (χ1) is 15.4. The lowest BCUT2D eigenvalue weighted by atomic mass is 9.83. The summed E-state index contributed by atoms with van der Waals surface area (Å²) in [7, 11) is 0. The van der Waals surface area contributed by atoms with E-state index in [9.17, 15) is 18.7 Å². The SMILES string of the molecule is CC(C)N1C[C@H](C(c2cccc(F)c2)c2cccc(F)c2)N2/N=C\COC/C(O)=C\2C1=O. The van der Waals surface area contributed by atoms with Crippen molar-refractivity contribution in [3.05, 3.63) is 82.7 Å². The molecule has 0 spiro atoms. The van der Waals surface area contributed by atoms with Crippen LogP contribution in [0.4, 0.5) is 8.78 Å². The van der Waals surface area contributed by atoms with Crippen molar-refractivity contribution in [2.24, 2.45) is 5.10 Å². The van der Waals surface area contributed by atoms with Crippen molar-refractivity contribution in [2.75, 3.05) is 19.8 Å². The Hall–Kier alpha value is -3.26. The molecule has 6 nitrogen and oxygen atoms in total. The number of hydrazone groups is 1. The molecule has 0 unspecified atom stereocenters. The Morgan fingerprint density at radius 2 is 1.72 bits per heavy atom. The fourth-order valence-corrected chi connectivity index (χ4v) is 4.29. The minimum absolute atomic E-state index is 0.0173. The molecule has 4 rings (SSSR count). The van der Waals surface area contributed by atoms with Crippen LogP contribution in [0.1, 0.15) is 30.9 Å². The molecule has 0 aromatic heterocycles. The van der Waals surface area contributed by atoms with Gasteiger partial charge in [-0.05, 0) is 49.2 Å². The second-order valence-electron chi connectivity index (χ2n) is 8.16. The van der Waals surface area contributed by atoms with Crippen LogP contribution >= 0.6 is 0 Å². The predicted molar refractivity (Wildman–Crippen MR) is 116 cm³/mol. The number of rotatable bonds is 4. The standard InChI is InChI=1S/C24H25F2N3O3/c1-15(2)28-13-20(29-23(24(28)31)21(30)14-32-10-9-27-29)22(16-5-3-7-18(25)11-16)17-6-4-8-19(26)12-17/h3-9,11-12,15,20,22,30H,10,13-14H2,1-2H3/b23-21+,27-9-/t20-/m1/s1. The molecule has 1 amide bonds. The minimum Gasteiger partial charge on any atom is -0.507 e. The third-order valence-corrected chi connectivity index (χ3v) is 5.72. The number of fused-ring (bicyclic) bond motifs is 1. The van der Waals surface area contributed by atoms with Crippen LogP contribution in [0.15, 0.2) is 65.1 Å². The van der Waals surface area contributed by atoms with E-state index in [1.807, 2.05) is 13.8 Å². The number of ether oxygens (including phenoxy) is 1. The summed E-state index contributed by atoms with van der Waals surface area (Å²) in [5, 5.41) is 16.6. The predicted octanol–water partition coefficient (Wildman–Crippen LogP) is 3.80. The summed E-state index contributed by atoms with van der Waals surface area (Å²) in [4.78, 5) is 14.9. The molecule has 1 saturated heterocycles. The highest BCUT2D eigenvalue weighted by Gasteiger charge is 2.44. The van der Waals surface area contributed by atoms with E-state index in [1.54, 1.807) is 29.2 Å². The van der Waals surface area contributed by atoms with Gasteiger partial charge < -0.3 is 14.7 Å². The summed E-state index contributed by atoms with van der Waals surface area (Å²) < 4.78 is 33.8. The van der Waals surface area contributed by atoms with Crippen LogP contribution in [-0.4, -0.2) is 59.0 Å². The quantitative estimate of drug-likeness (QED) is 0.784. The Morgan fingerprint density at radius 1 is 1.09 bits per heavy atom. The van der Waals surface area contributed by atoms with E-state index in [1.165, 1.54) is 35.5 Å². The zero-order valence-corrected chi connectivity index (χ0v) is 17.9. The van der Waals surface area contributed by atoms with Crippen LogP contribution in [-0.2, 0) is 9.53 Å². The summed E-state index contributed by atoms with van der Waals surface area (Å²) in [6.45, 7) is 4.04. The maximum absolute atomic E-state index is 14.2. The van der Waals surface area contributed by atoms with Gasteiger partial charge in [0.25, 0.3) is 5.91 Å². The number of halogens is 2. The summed E-state index contributed by atoms with van der Waals surface area (Å²) >= 11 is 0. The topological polar surface area (TPSA) is 65.4 Å². The lowest BCUT2D eigenvalue weighted by molar-refractivity contribution is -0.136. The third kappa shape index (κ3) is 4.23. The molecule has 168 valence electrons. The van der Waals surface area contributed by atoms with E-state index < -0.39 is 23.6 Å². The molecule has 1 atom stereocenters. The van der Waals surface area contributed by atoms with Crippen molar-refractivity contribution < 1.29 is 23.4 Å². The van der Waals surface area contributed by atoms with Crippen LogP contribution in [0, 0.1) is 11.6 Å². The van der Waals surface area contributed by atoms with E-state index in [2.05, 4.69) is 5.10 Å². The van der Waals surface area contributed by atoms with E-state index in [0.29, 0.717) is 11.1 Å². The molecule has 0 aliphatic carbocycles. The maximum atomic E-state index is 14.2. The van der Waals surface area contributed by atoms with E-state index in [0.717, 1.165) is 0 Å². The highest BCUT2D eigenvalue weighted by molar-refractivity contribution is 5.94. The Morgan fingerprint density at radius 3 is 2.28 bits per heavy atom. The zero-order chi connectivity index (χ0) is 22.8. The Balaban J connectivity index is 1.92.